The lowest BCUT2D eigenvalue weighted by atomic mass is 9.99. The van der Waals surface area contributed by atoms with Gasteiger partial charge in [-0.15, -0.1) is 0 Å². The van der Waals surface area contributed by atoms with E-state index in [1.807, 2.05) is 0 Å². The van der Waals surface area contributed by atoms with Gasteiger partial charge in [0.15, 0.2) is 0 Å². The Morgan fingerprint density at radius 2 is 1.90 bits per heavy atom. The van der Waals surface area contributed by atoms with Crippen LogP contribution in [0.4, 0.5) is 0 Å². The van der Waals surface area contributed by atoms with Crippen molar-refractivity contribution in [1.82, 2.24) is 10.2 Å². The van der Waals surface area contributed by atoms with E-state index >= 15 is 0 Å². The van der Waals surface area contributed by atoms with Gasteiger partial charge in [-0.2, -0.15) is 0 Å². The van der Waals surface area contributed by atoms with Crippen molar-refractivity contribution in [2.75, 3.05) is 33.4 Å². The van der Waals surface area contributed by atoms with Crippen LogP contribution in [-0.2, 0) is 4.74 Å². The maximum atomic E-state index is 5.23. The van der Waals surface area contributed by atoms with Gasteiger partial charge in [0.2, 0.25) is 0 Å². The molecule has 3 heteroatoms. The molecular weight excluding hydrogens is 248 g/mol. The van der Waals surface area contributed by atoms with Crippen LogP contribution < -0.4 is 5.32 Å². The SMILES string of the molecule is CCCNC(c1ccccc1)C(C)N(CC)CCOC. The number of benzene rings is 1. The Morgan fingerprint density at radius 3 is 2.45 bits per heavy atom. The van der Waals surface area contributed by atoms with Crippen LogP contribution in [0.15, 0.2) is 30.3 Å². The van der Waals surface area contributed by atoms with Crippen molar-refractivity contribution in [2.45, 2.75) is 39.3 Å². The van der Waals surface area contributed by atoms with Crippen molar-refractivity contribution in [3.05, 3.63) is 35.9 Å². The molecule has 114 valence electrons. The summed E-state index contributed by atoms with van der Waals surface area (Å²) in [6, 6.07) is 11.6. The van der Waals surface area contributed by atoms with E-state index in [0.717, 1.165) is 32.7 Å². The highest BCUT2D eigenvalue weighted by Crippen LogP contribution is 2.21. The summed E-state index contributed by atoms with van der Waals surface area (Å²) >= 11 is 0. The molecule has 2 unspecified atom stereocenters. The van der Waals surface area contributed by atoms with Gasteiger partial charge in [0.25, 0.3) is 0 Å². The summed E-state index contributed by atoms with van der Waals surface area (Å²) in [6.45, 7) is 10.6. The smallest absolute Gasteiger partial charge is 0.0589 e. The zero-order chi connectivity index (χ0) is 14.8. The molecule has 0 aromatic heterocycles. The van der Waals surface area contributed by atoms with E-state index in [1.54, 1.807) is 7.11 Å². The van der Waals surface area contributed by atoms with E-state index in [-0.39, 0.29) is 0 Å². The molecule has 1 aromatic carbocycles. The van der Waals surface area contributed by atoms with E-state index in [1.165, 1.54) is 5.56 Å². The summed E-state index contributed by atoms with van der Waals surface area (Å²) in [7, 11) is 1.77. The molecule has 0 bridgehead atoms. The van der Waals surface area contributed by atoms with Crippen molar-refractivity contribution in [1.29, 1.82) is 0 Å². The summed E-state index contributed by atoms with van der Waals surface area (Å²) in [4.78, 5) is 2.48. The number of nitrogens with one attached hydrogen (secondary N) is 1. The van der Waals surface area contributed by atoms with Crippen LogP contribution in [0.25, 0.3) is 0 Å². The number of rotatable bonds is 10. The highest BCUT2D eigenvalue weighted by atomic mass is 16.5. The van der Waals surface area contributed by atoms with E-state index in [4.69, 9.17) is 4.74 Å². The Hall–Kier alpha value is -0.900. The van der Waals surface area contributed by atoms with Crippen LogP contribution in [0.1, 0.15) is 38.8 Å². The fourth-order valence-corrected chi connectivity index (χ4v) is 2.60. The number of nitrogens with zero attached hydrogens (tertiary/aromatic N) is 1. The van der Waals surface area contributed by atoms with Crippen molar-refractivity contribution >= 4 is 0 Å². The third-order valence-corrected chi connectivity index (χ3v) is 3.82. The predicted molar refractivity (Wildman–Crippen MR) is 86.1 cm³/mol. The van der Waals surface area contributed by atoms with E-state index in [9.17, 15) is 0 Å². The molecule has 0 saturated carbocycles. The fraction of sp³-hybridized carbons (Fsp3) is 0.647. The number of hydrogen-bond acceptors (Lipinski definition) is 3. The fourth-order valence-electron chi connectivity index (χ4n) is 2.60. The van der Waals surface area contributed by atoms with Gasteiger partial charge in [0.1, 0.15) is 0 Å². The minimum absolute atomic E-state index is 0.368. The van der Waals surface area contributed by atoms with Gasteiger partial charge < -0.3 is 10.1 Å². The first-order valence-corrected chi connectivity index (χ1v) is 7.75. The second-order valence-corrected chi connectivity index (χ2v) is 5.20. The summed E-state index contributed by atoms with van der Waals surface area (Å²) in [5.74, 6) is 0. The first-order valence-electron chi connectivity index (χ1n) is 7.75. The van der Waals surface area contributed by atoms with Crippen LogP contribution in [0.2, 0.25) is 0 Å². The van der Waals surface area contributed by atoms with Crippen LogP contribution in [-0.4, -0.2) is 44.3 Å². The second-order valence-electron chi connectivity index (χ2n) is 5.20. The van der Waals surface area contributed by atoms with Crippen molar-refractivity contribution in [2.24, 2.45) is 0 Å². The minimum Gasteiger partial charge on any atom is -0.383 e. The molecule has 0 heterocycles. The van der Waals surface area contributed by atoms with Gasteiger partial charge in [-0.25, -0.2) is 0 Å². The zero-order valence-electron chi connectivity index (χ0n) is 13.4. The summed E-state index contributed by atoms with van der Waals surface area (Å²) in [5.41, 5.74) is 1.37. The van der Waals surface area contributed by atoms with Crippen LogP contribution in [0.5, 0.6) is 0 Å². The maximum absolute atomic E-state index is 5.23. The van der Waals surface area contributed by atoms with Crippen LogP contribution >= 0.6 is 0 Å². The van der Waals surface area contributed by atoms with Gasteiger partial charge in [0, 0.05) is 25.7 Å². The molecule has 0 spiro atoms. The third-order valence-electron chi connectivity index (χ3n) is 3.82. The molecule has 1 N–H and O–H groups in total. The van der Waals surface area contributed by atoms with Gasteiger partial charge in [-0.1, -0.05) is 44.2 Å². The number of ether oxygens (including phenoxy) is 1. The van der Waals surface area contributed by atoms with E-state index < -0.39 is 0 Å². The van der Waals surface area contributed by atoms with Gasteiger partial charge in [-0.3, -0.25) is 4.90 Å². The van der Waals surface area contributed by atoms with E-state index in [0.29, 0.717) is 12.1 Å². The molecule has 0 aliphatic rings. The first kappa shape index (κ1) is 17.2. The first-order chi connectivity index (χ1) is 9.74. The van der Waals surface area contributed by atoms with Crippen LogP contribution in [0, 0.1) is 0 Å². The summed E-state index contributed by atoms with van der Waals surface area (Å²) in [5, 5.41) is 3.69. The second kappa shape index (κ2) is 9.92. The Bertz CT molecular complexity index is 342. The largest absolute Gasteiger partial charge is 0.383 e. The van der Waals surface area contributed by atoms with Crippen molar-refractivity contribution in [3.8, 4) is 0 Å². The predicted octanol–water partition coefficient (Wildman–Crippen LogP) is 3.08. The molecule has 1 rings (SSSR count). The highest BCUT2D eigenvalue weighted by Gasteiger charge is 2.23. The lowest BCUT2D eigenvalue weighted by molar-refractivity contribution is 0.113. The number of likely N-dealkylation sites (N-methyl/N-ethyl adjacent to an activating group) is 1. The molecule has 20 heavy (non-hydrogen) atoms. The standard InChI is InChI=1S/C17H30N2O/c1-5-12-18-17(16-10-8-7-9-11-16)15(3)19(6-2)13-14-20-4/h7-11,15,17-18H,5-6,12-14H2,1-4H3. The topological polar surface area (TPSA) is 24.5 Å². The monoisotopic (exact) mass is 278 g/mol. The minimum atomic E-state index is 0.368. The Kier molecular flexibility index (Phi) is 8.51. The summed E-state index contributed by atoms with van der Waals surface area (Å²) in [6.07, 6.45) is 1.15. The Balaban J connectivity index is 2.80. The molecule has 3 nitrogen and oxygen atoms in total. The highest BCUT2D eigenvalue weighted by molar-refractivity contribution is 5.20. The molecule has 0 amide bonds. The molecule has 0 aliphatic carbocycles. The Labute approximate surface area is 124 Å². The number of methoxy groups -OCH3 is 1. The lowest BCUT2D eigenvalue weighted by Crippen LogP contribution is -2.44. The molecular formula is C17H30N2O. The zero-order valence-corrected chi connectivity index (χ0v) is 13.4. The van der Waals surface area contributed by atoms with Gasteiger partial charge in [0.05, 0.1) is 6.61 Å². The normalized spacial score (nSPS) is 14.4. The average molecular weight is 278 g/mol. The lowest BCUT2D eigenvalue weighted by Gasteiger charge is -2.35. The number of hydrogen-bond donors (Lipinski definition) is 1. The maximum Gasteiger partial charge on any atom is 0.0589 e. The molecule has 0 saturated heterocycles. The third kappa shape index (κ3) is 5.23. The van der Waals surface area contributed by atoms with Gasteiger partial charge >= 0.3 is 0 Å². The molecule has 0 radical (unpaired) electrons. The molecule has 0 aliphatic heterocycles. The van der Waals surface area contributed by atoms with Gasteiger partial charge in [-0.05, 0) is 32.0 Å². The van der Waals surface area contributed by atoms with Crippen molar-refractivity contribution < 1.29 is 4.74 Å². The molecule has 2 atom stereocenters. The molecule has 0 fully saturated rings. The van der Waals surface area contributed by atoms with E-state index in [2.05, 4.69) is 61.3 Å². The Morgan fingerprint density at radius 1 is 1.20 bits per heavy atom. The summed E-state index contributed by atoms with van der Waals surface area (Å²) < 4.78 is 5.23. The van der Waals surface area contributed by atoms with Crippen molar-refractivity contribution in [3.63, 3.8) is 0 Å². The quantitative estimate of drug-likeness (QED) is 0.712. The average Bonchev–Trinajstić information content (AvgIpc) is 2.49. The van der Waals surface area contributed by atoms with Crippen LogP contribution in [0.3, 0.4) is 0 Å². The molecule has 1 aromatic rings.